The van der Waals surface area contributed by atoms with Crippen molar-refractivity contribution in [1.82, 2.24) is 0 Å². The summed E-state index contributed by atoms with van der Waals surface area (Å²) in [5.74, 6) is -0.683. The highest BCUT2D eigenvalue weighted by molar-refractivity contribution is 7.99. The molecule has 1 heterocycles. The molecule has 0 amide bonds. The van der Waals surface area contributed by atoms with Crippen LogP contribution < -0.4 is 0 Å². The highest BCUT2D eigenvalue weighted by atomic mass is 32.2. The molecular formula is C17H13FOS. The zero-order valence-electron chi connectivity index (χ0n) is 10.8. The maximum absolute atomic E-state index is 13.5. The Bertz CT molecular complexity index is 693. The van der Waals surface area contributed by atoms with E-state index in [2.05, 4.69) is 6.58 Å². The van der Waals surface area contributed by atoms with E-state index in [0.717, 1.165) is 15.4 Å². The lowest BCUT2D eigenvalue weighted by molar-refractivity contribution is 0.0956. The summed E-state index contributed by atoms with van der Waals surface area (Å²) in [5.41, 5.74) is 1.47. The lowest BCUT2D eigenvalue weighted by Crippen LogP contribution is -2.12. The Morgan fingerprint density at radius 1 is 1.20 bits per heavy atom. The van der Waals surface area contributed by atoms with Gasteiger partial charge in [-0.15, -0.1) is 6.58 Å². The normalized spacial score (nSPS) is 17.1. The molecule has 1 nitrogen and oxygen atoms in total. The smallest absolute Gasteiger partial charge is 0.171 e. The average Bonchev–Trinajstić information content (AvgIpc) is 2.57. The van der Waals surface area contributed by atoms with Gasteiger partial charge in [-0.25, -0.2) is 4.39 Å². The van der Waals surface area contributed by atoms with Crippen LogP contribution in [0, 0.1) is 5.82 Å². The second kappa shape index (κ2) is 5.25. The molecule has 1 unspecified atom stereocenters. The largest absolute Gasteiger partial charge is 0.293 e. The number of fused-ring (bicyclic) bond motifs is 2. The Balaban J connectivity index is 2.21. The number of allylic oxidation sites excluding steroid dienone is 1. The van der Waals surface area contributed by atoms with Gasteiger partial charge in [0.25, 0.3) is 0 Å². The van der Waals surface area contributed by atoms with Gasteiger partial charge < -0.3 is 0 Å². The molecule has 0 saturated heterocycles. The Morgan fingerprint density at radius 3 is 2.80 bits per heavy atom. The van der Waals surface area contributed by atoms with Gasteiger partial charge in [-0.2, -0.15) is 0 Å². The number of benzene rings is 2. The summed E-state index contributed by atoms with van der Waals surface area (Å²) in [7, 11) is 0. The summed E-state index contributed by atoms with van der Waals surface area (Å²) in [6.45, 7) is 3.73. The van der Waals surface area contributed by atoms with Crippen LogP contribution in [0.25, 0.3) is 0 Å². The van der Waals surface area contributed by atoms with Crippen LogP contribution in [-0.2, 0) is 0 Å². The van der Waals surface area contributed by atoms with E-state index in [-0.39, 0.29) is 17.5 Å². The zero-order valence-corrected chi connectivity index (χ0v) is 11.6. The van der Waals surface area contributed by atoms with Gasteiger partial charge in [0.1, 0.15) is 5.82 Å². The van der Waals surface area contributed by atoms with Crippen LogP contribution >= 0.6 is 11.8 Å². The molecule has 0 bridgehead atoms. The van der Waals surface area contributed by atoms with Gasteiger partial charge in [0.05, 0.1) is 5.92 Å². The van der Waals surface area contributed by atoms with Crippen molar-refractivity contribution < 1.29 is 9.18 Å². The van der Waals surface area contributed by atoms with Gasteiger partial charge in [0.2, 0.25) is 0 Å². The fourth-order valence-corrected chi connectivity index (χ4v) is 3.61. The molecule has 100 valence electrons. The van der Waals surface area contributed by atoms with Gasteiger partial charge >= 0.3 is 0 Å². The summed E-state index contributed by atoms with van der Waals surface area (Å²) in [5, 5.41) is 0. The molecule has 0 spiro atoms. The van der Waals surface area contributed by atoms with Crippen LogP contribution in [0.15, 0.2) is 64.9 Å². The number of hydrogen-bond donors (Lipinski definition) is 0. The first kappa shape index (κ1) is 13.1. The zero-order chi connectivity index (χ0) is 14.1. The molecule has 3 rings (SSSR count). The Labute approximate surface area is 121 Å². The number of carbonyl (C=O) groups excluding carboxylic acids is 1. The van der Waals surface area contributed by atoms with E-state index in [1.54, 1.807) is 12.1 Å². The fraction of sp³-hybridized carbons (Fsp3) is 0.118. The highest BCUT2D eigenvalue weighted by Crippen LogP contribution is 2.42. The van der Waals surface area contributed by atoms with Gasteiger partial charge in [-0.3, -0.25) is 4.79 Å². The van der Waals surface area contributed by atoms with Gasteiger partial charge in [-0.05, 0) is 36.2 Å². The topological polar surface area (TPSA) is 17.1 Å². The van der Waals surface area contributed by atoms with Crippen LogP contribution in [0.5, 0.6) is 0 Å². The van der Waals surface area contributed by atoms with Gasteiger partial charge in [0, 0.05) is 15.4 Å². The predicted molar refractivity (Wildman–Crippen MR) is 78.9 cm³/mol. The Hall–Kier alpha value is -1.87. The van der Waals surface area contributed by atoms with Crippen LogP contribution in [0.4, 0.5) is 4.39 Å². The SMILES string of the molecule is C=CCC1C(=O)c2cc(F)ccc2Sc2ccccc21. The van der Waals surface area contributed by atoms with E-state index in [1.807, 2.05) is 24.3 Å². The van der Waals surface area contributed by atoms with Crippen molar-refractivity contribution >= 4 is 17.5 Å². The molecule has 3 heteroatoms. The summed E-state index contributed by atoms with van der Waals surface area (Å²) in [4.78, 5) is 14.6. The van der Waals surface area contributed by atoms with E-state index >= 15 is 0 Å². The molecule has 0 aliphatic carbocycles. The first-order chi connectivity index (χ1) is 9.70. The monoisotopic (exact) mass is 284 g/mol. The number of rotatable bonds is 2. The molecule has 0 aromatic heterocycles. The minimum absolute atomic E-state index is 0.0307. The van der Waals surface area contributed by atoms with Crippen molar-refractivity contribution in [2.75, 3.05) is 0 Å². The quantitative estimate of drug-likeness (QED) is 0.734. The number of halogens is 1. The first-order valence-corrected chi connectivity index (χ1v) is 7.24. The van der Waals surface area contributed by atoms with E-state index in [4.69, 9.17) is 0 Å². The molecular weight excluding hydrogens is 271 g/mol. The molecule has 0 fully saturated rings. The molecule has 1 atom stereocenters. The van der Waals surface area contributed by atoms with Crippen LogP contribution in [-0.4, -0.2) is 5.78 Å². The molecule has 0 N–H and O–H groups in total. The van der Waals surface area contributed by atoms with E-state index in [1.165, 1.54) is 23.9 Å². The third-order valence-electron chi connectivity index (χ3n) is 3.44. The van der Waals surface area contributed by atoms with E-state index in [0.29, 0.717) is 12.0 Å². The maximum atomic E-state index is 13.5. The first-order valence-electron chi connectivity index (χ1n) is 6.42. The van der Waals surface area contributed by atoms with Crippen molar-refractivity contribution in [3.8, 4) is 0 Å². The van der Waals surface area contributed by atoms with Gasteiger partial charge in [0.15, 0.2) is 5.78 Å². The Kier molecular flexibility index (Phi) is 3.45. The number of carbonyl (C=O) groups is 1. The minimum Gasteiger partial charge on any atom is -0.293 e. The summed E-state index contributed by atoms with van der Waals surface area (Å²) in [6.07, 6.45) is 2.31. The summed E-state index contributed by atoms with van der Waals surface area (Å²) in [6, 6.07) is 12.3. The average molecular weight is 284 g/mol. The van der Waals surface area contributed by atoms with Crippen molar-refractivity contribution in [3.05, 3.63) is 72.1 Å². The standard InChI is InChI=1S/C17H13FOS/c1-2-5-13-12-6-3-4-7-15(12)20-16-9-8-11(18)10-14(16)17(13)19/h2-4,6-10,13H,1,5H2. The van der Waals surface area contributed by atoms with Crippen LogP contribution in [0.3, 0.4) is 0 Å². The number of ketones is 1. The third-order valence-corrected chi connectivity index (χ3v) is 4.61. The van der Waals surface area contributed by atoms with Crippen molar-refractivity contribution in [2.24, 2.45) is 0 Å². The highest BCUT2D eigenvalue weighted by Gasteiger charge is 2.29. The van der Waals surface area contributed by atoms with E-state index < -0.39 is 0 Å². The molecule has 0 radical (unpaired) electrons. The van der Waals surface area contributed by atoms with Crippen molar-refractivity contribution in [2.45, 2.75) is 22.1 Å². The maximum Gasteiger partial charge on any atom is 0.171 e. The third kappa shape index (κ3) is 2.18. The van der Waals surface area contributed by atoms with E-state index in [9.17, 15) is 9.18 Å². The molecule has 1 aliphatic heterocycles. The fourth-order valence-electron chi connectivity index (χ4n) is 2.49. The van der Waals surface area contributed by atoms with Crippen LogP contribution in [0.2, 0.25) is 0 Å². The lowest BCUT2D eigenvalue weighted by atomic mass is 9.88. The van der Waals surface area contributed by atoms with Crippen molar-refractivity contribution in [3.63, 3.8) is 0 Å². The second-order valence-corrected chi connectivity index (χ2v) is 5.81. The predicted octanol–water partition coefficient (Wildman–Crippen LogP) is 4.83. The summed E-state index contributed by atoms with van der Waals surface area (Å²) < 4.78 is 13.5. The molecule has 1 aliphatic rings. The molecule has 20 heavy (non-hydrogen) atoms. The molecule has 2 aromatic carbocycles. The molecule has 0 saturated carbocycles. The number of Topliss-reactive ketones (excluding diaryl/α,β-unsaturated/α-hetero) is 1. The Morgan fingerprint density at radius 2 is 2.00 bits per heavy atom. The lowest BCUT2D eigenvalue weighted by Gasteiger charge is -2.14. The van der Waals surface area contributed by atoms with Crippen molar-refractivity contribution in [1.29, 1.82) is 0 Å². The number of hydrogen-bond acceptors (Lipinski definition) is 2. The van der Waals surface area contributed by atoms with Crippen LogP contribution in [0.1, 0.15) is 28.3 Å². The minimum atomic E-state index is -0.374. The second-order valence-electron chi connectivity index (χ2n) is 4.72. The van der Waals surface area contributed by atoms with Gasteiger partial charge in [-0.1, -0.05) is 36.0 Å². The molecule has 2 aromatic rings. The summed E-state index contributed by atoms with van der Waals surface area (Å²) >= 11 is 1.52.